The van der Waals surface area contributed by atoms with Crippen LogP contribution in [0.1, 0.15) is 36.7 Å². The second-order valence-corrected chi connectivity index (χ2v) is 5.21. The van der Waals surface area contributed by atoms with E-state index in [1.54, 1.807) is 16.8 Å². The second-order valence-electron chi connectivity index (χ2n) is 5.21. The molecule has 1 unspecified atom stereocenters. The minimum Gasteiger partial charge on any atom is -0.342 e. The molecule has 0 spiro atoms. The standard InChI is InChI=1S/C14H20N4O3/c1-3-4-5-11-14(21)17(2)6-7-18(11)13(20)10-8-16-12(19)9-15-10/h8-9,11H,3-7H2,1-2H3,(H,16,19). The number of nitrogens with one attached hydrogen (secondary N) is 1. The van der Waals surface area contributed by atoms with Crippen LogP contribution in [0.3, 0.4) is 0 Å². The summed E-state index contributed by atoms with van der Waals surface area (Å²) in [5.41, 5.74) is -0.197. The number of piperazine rings is 1. The maximum atomic E-state index is 12.5. The van der Waals surface area contributed by atoms with E-state index in [9.17, 15) is 14.4 Å². The highest BCUT2D eigenvalue weighted by atomic mass is 16.2. The summed E-state index contributed by atoms with van der Waals surface area (Å²) in [7, 11) is 1.75. The molecule has 0 radical (unpaired) electrons. The molecule has 1 N–H and O–H groups in total. The molecule has 1 saturated heterocycles. The third-order valence-electron chi connectivity index (χ3n) is 3.70. The van der Waals surface area contributed by atoms with Crippen LogP contribution >= 0.6 is 0 Å². The Bertz CT molecular complexity index is 563. The molecule has 7 heteroatoms. The number of nitrogens with zero attached hydrogens (tertiary/aromatic N) is 3. The Morgan fingerprint density at radius 2 is 2.19 bits per heavy atom. The fraction of sp³-hybridized carbons (Fsp3) is 0.571. The minimum absolute atomic E-state index is 0.0347. The lowest BCUT2D eigenvalue weighted by Gasteiger charge is -2.39. The number of likely N-dealkylation sites (N-methyl/N-ethyl adjacent to an activating group) is 1. The fourth-order valence-corrected chi connectivity index (χ4v) is 2.44. The highest BCUT2D eigenvalue weighted by molar-refractivity contribution is 5.96. The number of carbonyl (C=O) groups excluding carboxylic acids is 2. The van der Waals surface area contributed by atoms with Gasteiger partial charge in [-0.05, 0) is 6.42 Å². The quantitative estimate of drug-likeness (QED) is 0.861. The van der Waals surface area contributed by atoms with Crippen LogP contribution in [0.4, 0.5) is 0 Å². The Hall–Kier alpha value is -2.18. The van der Waals surface area contributed by atoms with Gasteiger partial charge in [-0.2, -0.15) is 0 Å². The van der Waals surface area contributed by atoms with E-state index in [4.69, 9.17) is 0 Å². The molecular formula is C14H20N4O3. The summed E-state index contributed by atoms with van der Waals surface area (Å²) < 4.78 is 0. The first-order valence-electron chi connectivity index (χ1n) is 7.15. The molecule has 0 aliphatic carbocycles. The van der Waals surface area contributed by atoms with Crippen LogP contribution in [0, 0.1) is 0 Å². The smallest absolute Gasteiger partial charge is 0.274 e. The fourth-order valence-electron chi connectivity index (χ4n) is 2.44. The van der Waals surface area contributed by atoms with Crippen molar-refractivity contribution in [2.75, 3.05) is 20.1 Å². The molecule has 2 amide bonds. The van der Waals surface area contributed by atoms with Crippen molar-refractivity contribution in [2.45, 2.75) is 32.2 Å². The van der Waals surface area contributed by atoms with Crippen molar-refractivity contribution < 1.29 is 9.59 Å². The molecule has 1 aromatic heterocycles. The van der Waals surface area contributed by atoms with E-state index in [2.05, 4.69) is 9.97 Å². The van der Waals surface area contributed by atoms with E-state index in [0.29, 0.717) is 19.5 Å². The molecule has 114 valence electrons. The molecule has 0 aromatic carbocycles. The Balaban J connectivity index is 2.21. The van der Waals surface area contributed by atoms with Crippen molar-refractivity contribution in [3.05, 3.63) is 28.4 Å². The molecule has 1 aliphatic rings. The first-order valence-corrected chi connectivity index (χ1v) is 7.15. The number of hydrogen-bond acceptors (Lipinski definition) is 4. The monoisotopic (exact) mass is 292 g/mol. The summed E-state index contributed by atoms with van der Waals surface area (Å²) in [6.07, 6.45) is 4.87. The van der Waals surface area contributed by atoms with Crippen LogP contribution in [0.5, 0.6) is 0 Å². The average molecular weight is 292 g/mol. The molecule has 1 fully saturated rings. The lowest BCUT2D eigenvalue weighted by molar-refractivity contribution is -0.138. The van der Waals surface area contributed by atoms with Gasteiger partial charge in [0.2, 0.25) is 5.91 Å². The van der Waals surface area contributed by atoms with Gasteiger partial charge in [0, 0.05) is 26.3 Å². The molecule has 7 nitrogen and oxygen atoms in total. The predicted molar refractivity (Wildman–Crippen MR) is 76.8 cm³/mol. The van der Waals surface area contributed by atoms with Gasteiger partial charge < -0.3 is 14.8 Å². The molecule has 1 aromatic rings. The number of aromatic nitrogens is 2. The summed E-state index contributed by atoms with van der Waals surface area (Å²) in [5, 5.41) is 0. The van der Waals surface area contributed by atoms with Gasteiger partial charge in [-0.25, -0.2) is 4.98 Å². The highest BCUT2D eigenvalue weighted by Gasteiger charge is 2.36. The van der Waals surface area contributed by atoms with Crippen LogP contribution in [-0.4, -0.2) is 57.8 Å². The van der Waals surface area contributed by atoms with Gasteiger partial charge in [-0.3, -0.25) is 14.4 Å². The van der Waals surface area contributed by atoms with Crippen LogP contribution in [0.25, 0.3) is 0 Å². The van der Waals surface area contributed by atoms with Crippen molar-refractivity contribution in [2.24, 2.45) is 0 Å². The predicted octanol–water partition coefficient (Wildman–Crippen LogP) is 0.243. The third kappa shape index (κ3) is 3.29. The number of unbranched alkanes of at least 4 members (excludes halogenated alkanes) is 1. The summed E-state index contributed by atoms with van der Waals surface area (Å²) in [5.74, 6) is -0.346. The molecule has 1 aliphatic heterocycles. The number of H-pyrrole nitrogens is 1. The van der Waals surface area contributed by atoms with Crippen molar-refractivity contribution in [1.82, 2.24) is 19.8 Å². The number of rotatable bonds is 4. The lowest BCUT2D eigenvalue weighted by atomic mass is 10.0. The number of carbonyl (C=O) groups is 2. The zero-order valence-electron chi connectivity index (χ0n) is 12.3. The van der Waals surface area contributed by atoms with Crippen molar-refractivity contribution in [3.8, 4) is 0 Å². The molecular weight excluding hydrogens is 272 g/mol. The summed E-state index contributed by atoms with van der Waals surface area (Å²) in [4.78, 5) is 45.3. The van der Waals surface area contributed by atoms with E-state index >= 15 is 0 Å². The van der Waals surface area contributed by atoms with Crippen molar-refractivity contribution >= 4 is 11.8 Å². The van der Waals surface area contributed by atoms with Gasteiger partial charge in [0.05, 0.1) is 6.20 Å². The molecule has 2 heterocycles. The Labute approximate surface area is 123 Å². The lowest BCUT2D eigenvalue weighted by Crippen LogP contribution is -2.57. The average Bonchev–Trinajstić information content (AvgIpc) is 2.49. The Morgan fingerprint density at radius 1 is 1.43 bits per heavy atom. The van der Waals surface area contributed by atoms with Crippen LogP contribution in [-0.2, 0) is 4.79 Å². The minimum atomic E-state index is -0.440. The van der Waals surface area contributed by atoms with E-state index in [-0.39, 0.29) is 23.1 Å². The van der Waals surface area contributed by atoms with E-state index in [1.165, 1.54) is 6.20 Å². The van der Waals surface area contributed by atoms with Crippen LogP contribution in [0.2, 0.25) is 0 Å². The van der Waals surface area contributed by atoms with Crippen LogP contribution < -0.4 is 5.56 Å². The molecule has 2 rings (SSSR count). The first-order chi connectivity index (χ1) is 10.0. The van der Waals surface area contributed by atoms with E-state index in [1.807, 2.05) is 6.92 Å². The molecule has 0 bridgehead atoms. The molecule has 21 heavy (non-hydrogen) atoms. The maximum Gasteiger partial charge on any atom is 0.274 e. The highest BCUT2D eigenvalue weighted by Crippen LogP contribution is 2.18. The summed E-state index contributed by atoms with van der Waals surface area (Å²) >= 11 is 0. The van der Waals surface area contributed by atoms with Gasteiger partial charge >= 0.3 is 0 Å². The number of hydrogen-bond donors (Lipinski definition) is 1. The van der Waals surface area contributed by atoms with Gasteiger partial charge in [-0.15, -0.1) is 0 Å². The Kier molecular flexibility index (Phi) is 4.72. The zero-order chi connectivity index (χ0) is 15.4. The summed E-state index contributed by atoms with van der Waals surface area (Å²) in [6, 6.07) is -0.440. The second kappa shape index (κ2) is 6.51. The van der Waals surface area contributed by atoms with Gasteiger partial charge in [-0.1, -0.05) is 19.8 Å². The third-order valence-corrected chi connectivity index (χ3v) is 3.70. The van der Waals surface area contributed by atoms with Gasteiger partial charge in [0.25, 0.3) is 11.5 Å². The van der Waals surface area contributed by atoms with Crippen LogP contribution in [0.15, 0.2) is 17.2 Å². The van der Waals surface area contributed by atoms with E-state index in [0.717, 1.165) is 19.0 Å². The summed E-state index contributed by atoms with van der Waals surface area (Å²) in [6.45, 7) is 3.04. The van der Waals surface area contributed by atoms with Gasteiger partial charge in [0.1, 0.15) is 11.7 Å². The zero-order valence-corrected chi connectivity index (χ0v) is 12.3. The van der Waals surface area contributed by atoms with Gasteiger partial charge in [0.15, 0.2) is 0 Å². The largest absolute Gasteiger partial charge is 0.342 e. The number of amides is 2. The molecule has 1 atom stereocenters. The van der Waals surface area contributed by atoms with E-state index < -0.39 is 6.04 Å². The normalized spacial score (nSPS) is 19.0. The SMILES string of the molecule is CCCCC1C(=O)N(C)CCN1C(=O)c1c[nH]c(=O)cn1. The number of aromatic amines is 1. The van der Waals surface area contributed by atoms with Crippen molar-refractivity contribution in [1.29, 1.82) is 0 Å². The Morgan fingerprint density at radius 3 is 2.81 bits per heavy atom. The molecule has 0 saturated carbocycles. The topological polar surface area (TPSA) is 86.4 Å². The first kappa shape index (κ1) is 15.2. The van der Waals surface area contributed by atoms with Crippen molar-refractivity contribution in [3.63, 3.8) is 0 Å². The maximum absolute atomic E-state index is 12.5.